The number of aromatic nitrogens is 1. The van der Waals surface area contributed by atoms with Crippen molar-refractivity contribution in [1.29, 1.82) is 0 Å². The zero-order valence-electron chi connectivity index (χ0n) is 18.1. The van der Waals surface area contributed by atoms with E-state index in [0.29, 0.717) is 16.7 Å². The molecule has 4 rings (SSSR count). The fourth-order valence-electron chi connectivity index (χ4n) is 3.53. The molecule has 4 aromatic rings. The van der Waals surface area contributed by atoms with Crippen molar-refractivity contribution in [2.24, 2.45) is 0 Å². The molecule has 0 saturated carbocycles. The fraction of sp³-hybridized carbons (Fsp3) is 0.200. The van der Waals surface area contributed by atoms with E-state index in [4.69, 9.17) is 16.6 Å². The van der Waals surface area contributed by atoms with E-state index in [1.165, 1.54) is 11.3 Å². The van der Waals surface area contributed by atoms with Gasteiger partial charge in [-0.25, -0.2) is 13.4 Å². The Labute approximate surface area is 202 Å². The molecular weight excluding hydrogens is 476 g/mol. The highest BCUT2D eigenvalue weighted by Crippen LogP contribution is 2.34. The Morgan fingerprint density at radius 1 is 1.00 bits per heavy atom. The average Bonchev–Trinajstić information content (AvgIpc) is 3.26. The van der Waals surface area contributed by atoms with E-state index in [1.807, 2.05) is 49.4 Å². The Morgan fingerprint density at radius 2 is 1.67 bits per heavy atom. The minimum atomic E-state index is -3.43. The number of thiazole rings is 1. The number of halogens is 1. The van der Waals surface area contributed by atoms with Crippen LogP contribution in [0.5, 0.6) is 0 Å². The molecule has 1 amide bonds. The summed E-state index contributed by atoms with van der Waals surface area (Å²) in [6.45, 7) is 2.27. The molecule has 0 aliphatic heterocycles. The number of amides is 1. The van der Waals surface area contributed by atoms with Crippen molar-refractivity contribution in [3.63, 3.8) is 0 Å². The first-order valence-corrected chi connectivity index (χ1v) is 13.4. The van der Waals surface area contributed by atoms with Crippen LogP contribution in [-0.2, 0) is 21.2 Å². The van der Waals surface area contributed by atoms with Crippen LogP contribution in [0.15, 0.2) is 77.7 Å². The van der Waals surface area contributed by atoms with Crippen LogP contribution in [0.1, 0.15) is 24.0 Å². The molecule has 5 nitrogen and oxygen atoms in total. The maximum absolute atomic E-state index is 13.3. The summed E-state index contributed by atoms with van der Waals surface area (Å²) in [4.78, 5) is 19.9. The lowest BCUT2D eigenvalue weighted by atomic mass is 10.2. The third kappa shape index (κ3) is 5.43. The lowest BCUT2D eigenvalue weighted by Gasteiger charge is -2.20. The quantitative estimate of drug-likeness (QED) is 0.297. The van der Waals surface area contributed by atoms with E-state index in [-0.39, 0.29) is 29.4 Å². The van der Waals surface area contributed by atoms with Crippen molar-refractivity contribution in [1.82, 2.24) is 4.98 Å². The predicted octanol–water partition coefficient (Wildman–Crippen LogP) is 6.05. The first-order chi connectivity index (χ1) is 15.8. The lowest BCUT2D eigenvalue weighted by molar-refractivity contribution is -0.118. The average molecular weight is 499 g/mol. The second-order valence-electron chi connectivity index (χ2n) is 7.72. The van der Waals surface area contributed by atoms with Crippen LogP contribution in [0.3, 0.4) is 0 Å². The molecule has 0 aliphatic carbocycles. The molecule has 0 N–H and O–H groups in total. The summed E-state index contributed by atoms with van der Waals surface area (Å²) in [5.41, 5.74) is 2.62. The molecule has 0 saturated heterocycles. The van der Waals surface area contributed by atoms with Crippen LogP contribution in [0.4, 0.5) is 5.13 Å². The maximum Gasteiger partial charge on any atom is 0.229 e. The van der Waals surface area contributed by atoms with E-state index in [1.54, 1.807) is 35.2 Å². The number of aryl methyl sites for hydroxylation is 1. The zero-order chi connectivity index (χ0) is 23.4. The molecule has 0 aliphatic rings. The number of rotatable bonds is 8. The molecule has 0 spiro atoms. The third-order valence-electron chi connectivity index (χ3n) is 5.36. The summed E-state index contributed by atoms with van der Waals surface area (Å²) in [6.07, 6.45) is 0.339. The first kappa shape index (κ1) is 23.4. The molecule has 8 heteroatoms. The Bertz CT molecular complexity index is 1370. The van der Waals surface area contributed by atoms with Gasteiger partial charge < -0.3 is 0 Å². The van der Waals surface area contributed by atoms with Gasteiger partial charge in [0.15, 0.2) is 15.0 Å². The number of carbonyl (C=O) groups is 1. The highest BCUT2D eigenvalue weighted by Gasteiger charge is 2.22. The Balaban J connectivity index is 1.56. The van der Waals surface area contributed by atoms with Crippen LogP contribution in [-0.4, -0.2) is 25.1 Å². The molecule has 170 valence electrons. The van der Waals surface area contributed by atoms with Gasteiger partial charge in [-0.3, -0.25) is 9.69 Å². The lowest BCUT2D eigenvalue weighted by Crippen LogP contribution is -2.30. The number of sulfone groups is 1. The second kappa shape index (κ2) is 10.0. The summed E-state index contributed by atoms with van der Waals surface area (Å²) in [5.74, 6) is -0.249. The largest absolute Gasteiger partial charge is 0.284 e. The SMILES string of the molecule is Cc1c(Cl)ccc2sc(N(Cc3ccccc3)C(=O)CCCS(=O)(=O)c3ccccc3)nc12. The smallest absolute Gasteiger partial charge is 0.229 e. The monoisotopic (exact) mass is 498 g/mol. The Morgan fingerprint density at radius 3 is 2.36 bits per heavy atom. The van der Waals surface area contributed by atoms with Crippen LogP contribution in [0, 0.1) is 6.92 Å². The fourth-order valence-corrected chi connectivity index (χ4v) is 6.05. The Hall–Kier alpha value is -2.74. The number of fused-ring (bicyclic) bond motifs is 1. The van der Waals surface area contributed by atoms with E-state index >= 15 is 0 Å². The number of carbonyl (C=O) groups excluding carboxylic acids is 1. The third-order valence-corrected chi connectivity index (χ3v) is 8.63. The van der Waals surface area contributed by atoms with Crippen molar-refractivity contribution in [3.8, 4) is 0 Å². The molecule has 0 bridgehead atoms. The molecular formula is C25H23ClN2O3S2. The number of hydrogen-bond donors (Lipinski definition) is 0. The summed E-state index contributed by atoms with van der Waals surface area (Å²) < 4.78 is 26.1. The van der Waals surface area contributed by atoms with E-state index < -0.39 is 9.84 Å². The molecule has 0 atom stereocenters. The second-order valence-corrected chi connectivity index (χ2v) is 11.2. The van der Waals surface area contributed by atoms with E-state index in [0.717, 1.165) is 21.3 Å². The highest BCUT2D eigenvalue weighted by atomic mass is 35.5. The number of anilines is 1. The molecule has 1 aromatic heterocycles. The summed E-state index contributed by atoms with van der Waals surface area (Å²) in [5, 5.41) is 1.21. The van der Waals surface area contributed by atoms with Gasteiger partial charge in [0.2, 0.25) is 5.91 Å². The van der Waals surface area contributed by atoms with Crippen LogP contribution < -0.4 is 4.90 Å². The maximum atomic E-state index is 13.3. The van der Waals surface area contributed by atoms with Crippen molar-refractivity contribution in [2.75, 3.05) is 10.7 Å². The van der Waals surface area contributed by atoms with Gasteiger partial charge in [-0.05, 0) is 48.7 Å². The van der Waals surface area contributed by atoms with Crippen LogP contribution in [0.2, 0.25) is 5.02 Å². The number of nitrogens with zero attached hydrogens (tertiary/aromatic N) is 2. The first-order valence-electron chi connectivity index (χ1n) is 10.5. The molecule has 1 heterocycles. The molecule has 33 heavy (non-hydrogen) atoms. The van der Waals surface area contributed by atoms with E-state index in [9.17, 15) is 13.2 Å². The van der Waals surface area contributed by atoms with Gasteiger partial charge in [-0.15, -0.1) is 0 Å². The zero-order valence-corrected chi connectivity index (χ0v) is 20.5. The Kier molecular flexibility index (Phi) is 7.12. The minimum Gasteiger partial charge on any atom is -0.284 e. The van der Waals surface area contributed by atoms with Gasteiger partial charge >= 0.3 is 0 Å². The van der Waals surface area contributed by atoms with Crippen LogP contribution in [0.25, 0.3) is 10.2 Å². The van der Waals surface area contributed by atoms with Gasteiger partial charge in [0.1, 0.15) is 0 Å². The van der Waals surface area contributed by atoms with Gasteiger partial charge in [-0.2, -0.15) is 0 Å². The van der Waals surface area contributed by atoms with Gasteiger partial charge in [0.25, 0.3) is 0 Å². The van der Waals surface area contributed by atoms with Gasteiger partial charge in [0, 0.05) is 11.4 Å². The number of benzene rings is 3. The summed E-state index contributed by atoms with van der Waals surface area (Å²) >= 11 is 7.69. The molecule has 0 radical (unpaired) electrons. The molecule has 0 unspecified atom stereocenters. The predicted molar refractivity (Wildman–Crippen MR) is 135 cm³/mol. The van der Waals surface area contributed by atoms with Crippen molar-refractivity contribution in [3.05, 3.63) is 88.9 Å². The minimum absolute atomic E-state index is 0.0868. The van der Waals surface area contributed by atoms with Gasteiger partial charge in [-0.1, -0.05) is 71.5 Å². The molecule has 3 aromatic carbocycles. The molecule has 0 fully saturated rings. The summed E-state index contributed by atoms with van der Waals surface area (Å²) in [7, 11) is -3.43. The van der Waals surface area contributed by atoms with Crippen molar-refractivity contribution < 1.29 is 13.2 Å². The topological polar surface area (TPSA) is 67.3 Å². The van der Waals surface area contributed by atoms with E-state index in [2.05, 4.69) is 0 Å². The summed E-state index contributed by atoms with van der Waals surface area (Å²) in [6, 6.07) is 21.7. The normalized spacial score (nSPS) is 11.6. The van der Waals surface area contributed by atoms with Gasteiger partial charge in [0.05, 0.1) is 27.4 Å². The standard InChI is InChI=1S/C25H23ClN2O3S2/c1-18-21(26)14-15-22-24(18)27-25(32-22)28(17-19-9-4-2-5-10-19)23(29)13-8-16-33(30,31)20-11-6-3-7-12-20/h2-7,9-12,14-15H,8,13,16-17H2,1H3. The van der Waals surface area contributed by atoms with Crippen molar-refractivity contribution >= 4 is 54.0 Å². The number of hydrogen-bond acceptors (Lipinski definition) is 5. The van der Waals surface area contributed by atoms with Crippen molar-refractivity contribution in [2.45, 2.75) is 31.2 Å². The highest BCUT2D eigenvalue weighted by molar-refractivity contribution is 7.91. The van der Waals surface area contributed by atoms with Crippen LogP contribution >= 0.6 is 22.9 Å².